The Labute approximate surface area is 119 Å². The van der Waals surface area contributed by atoms with E-state index in [0.717, 1.165) is 25.2 Å². The molecule has 5 nitrogen and oxygen atoms in total. The SMILES string of the molecule is CCCNCCNC(=O)c1ccn(-c2ccccc2)n1. The Kier molecular flexibility index (Phi) is 5.32. The number of amides is 1. The summed E-state index contributed by atoms with van der Waals surface area (Å²) in [4.78, 5) is 11.9. The van der Waals surface area contributed by atoms with Crippen molar-refractivity contribution in [2.45, 2.75) is 13.3 Å². The summed E-state index contributed by atoms with van der Waals surface area (Å²) in [7, 11) is 0. The second-order valence-corrected chi connectivity index (χ2v) is 4.49. The van der Waals surface area contributed by atoms with E-state index in [2.05, 4.69) is 22.7 Å². The Balaban J connectivity index is 1.87. The van der Waals surface area contributed by atoms with Gasteiger partial charge >= 0.3 is 0 Å². The zero-order valence-corrected chi connectivity index (χ0v) is 11.7. The molecule has 0 bridgehead atoms. The standard InChI is InChI=1S/C15H20N4O/c1-2-9-16-10-11-17-15(20)14-8-12-19(18-14)13-6-4-3-5-7-13/h3-8,12,16H,2,9-11H2,1H3,(H,17,20). The lowest BCUT2D eigenvalue weighted by atomic mass is 10.3. The van der Waals surface area contributed by atoms with Gasteiger partial charge in [0.05, 0.1) is 5.69 Å². The third-order valence-electron chi connectivity index (χ3n) is 2.86. The van der Waals surface area contributed by atoms with Crippen molar-refractivity contribution in [3.8, 4) is 5.69 Å². The van der Waals surface area contributed by atoms with E-state index in [1.165, 1.54) is 0 Å². The quantitative estimate of drug-likeness (QED) is 0.753. The number of para-hydroxylation sites is 1. The van der Waals surface area contributed by atoms with Crippen molar-refractivity contribution in [3.05, 3.63) is 48.3 Å². The number of benzene rings is 1. The van der Waals surface area contributed by atoms with Crippen LogP contribution < -0.4 is 10.6 Å². The van der Waals surface area contributed by atoms with Gasteiger partial charge in [0.15, 0.2) is 5.69 Å². The molecule has 5 heteroatoms. The van der Waals surface area contributed by atoms with E-state index < -0.39 is 0 Å². The van der Waals surface area contributed by atoms with E-state index in [0.29, 0.717) is 12.2 Å². The normalized spacial score (nSPS) is 10.4. The summed E-state index contributed by atoms with van der Waals surface area (Å²) in [5, 5.41) is 10.4. The Morgan fingerprint density at radius 1 is 1.15 bits per heavy atom. The van der Waals surface area contributed by atoms with Gasteiger partial charge in [0.1, 0.15) is 0 Å². The fraction of sp³-hybridized carbons (Fsp3) is 0.333. The number of nitrogens with one attached hydrogen (secondary N) is 2. The zero-order chi connectivity index (χ0) is 14.2. The summed E-state index contributed by atoms with van der Waals surface area (Å²) < 4.78 is 1.70. The number of hydrogen-bond acceptors (Lipinski definition) is 3. The number of carbonyl (C=O) groups excluding carboxylic acids is 1. The third-order valence-corrected chi connectivity index (χ3v) is 2.86. The lowest BCUT2D eigenvalue weighted by molar-refractivity contribution is 0.0948. The highest BCUT2D eigenvalue weighted by Crippen LogP contribution is 2.06. The largest absolute Gasteiger partial charge is 0.349 e. The van der Waals surface area contributed by atoms with Crippen LogP contribution in [-0.4, -0.2) is 35.3 Å². The molecule has 1 aromatic carbocycles. The highest BCUT2D eigenvalue weighted by Gasteiger charge is 2.09. The molecule has 0 saturated heterocycles. The summed E-state index contributed by atoms with van der Waals surface area (Å²) in [6, 6.07) is 11.4. The van der Waals surface area contributed by atoms with Gasteiger partial charge in [0, 0.05) is 19.3 Å². The maximum absolute atomic E-state index is 11.9. The molecule has 0 fully saturated rings. The fourth-order valence-corrected chi connectivity index (χ4v) is 1.83. The number of hydrogen-bond donors (Lipinski definition) is 2. The highest BCUT2D eigenvalue weighted by molar-refractivity contribution is 5.92. The molecule has 1 aromatic heterocycles. The maximum atomic E-state index is 11.9. The lowest BCUT2D eigenvalue weighted by Crippen LogP contribution is -2.32. The molecule has 0 saturated carbocycles. The monoisotopic (exact) mass is 272 g/mol. The van der Waals surface area contributed by atoms with E-state index in [1.54, 1.807) is 16.9 Å². The van der Waals surface area contributed by atoms with Gasteiger partial charge in [-0.25, -0.2) is 4.68 Å². The first-order chi connectivity index (χ1) is 9.81. The first-order valence-corrected chi connectivity index (χ1v) is 6.91. The van der Waals surface area contributed by atoms with Gasteiger partial charge in [-0.05, 0) is 31.2 Å². The van der Waals surface area contributed by atoms with Crippen LogP contribution in [-0.2, 0) is 0 Å². The second kappa shape index (κ2) is 7.45. The number of nitrogens with zero attached hydrogens (tertiary/aromatic N) is 2. The van der Waals surface area contributed by atoms with Crippen molar-refractivity contribution < 1.29 is 4.79 Å². The Bertz CT molecular complexity index is 536. The van der Waals surface area contributed by atoms with Crippen LogP contribution in [0, 0.1) is 0 Å². The van der Waals surface area contributed by atoms with Gasteiger partial charge in [-0.1, -0.05) is 25.1 Å². The van der Waals surface area contributed by atoms with Crippen LogP contribution in [0.5, 0.6) is 0 Å². The summed E-state index contributed by atoms with van der Waals surface area (Å²) >= 11 is 0. The fourth-order valence-electron chi connectivity index (χ4n) is 1.83. The summed E-state index contributed by atoms with van der Waals surface area (Å²) in [6.07, 6.45) is 2.88. The first-order valence-electron chi connectivity index (χ1n) is 6.91. The van der Waals surface area contributed by atoms with Crippen LogP contribution in [0.25, 0.3) is 5.69 Å². The van der Waals surface area contributed by atoms with Crippen LogP contribution in [0.4, 0.5) is 0 Å². The van der Waals surface area contributed by atoms with Crippen LogP contribution in [0.15, 0.2) is 42.6 Å². The van der Waals surface area contributed by atoms with Crippen LogP contribution in [0.3, 0.4) is 0 Å². The molecule has 0 radical (unpaired) electrons. The molecule has 0 aliphatic rings. The Morgan fingerprint density at radius 3 is 2.70 bits per heavy atom. The van der Waals surface area contributed by atoms with E-state index in [9.17, 15) is 4.79 Å². The van der Waals surface area contributed by atoms with E-state index in [4.69, 9.17) is 0 Å². The van der Waals surface area contributed by atoms with Gasteiger partial charge in [-0.15, -0.1) is 0 Å². The van der Waals surface area contributed by atoms with Crippen molar-refractivity contribution in [2.75, 3.05) is 19.6 Å². The molecule has 0 aliphatic carbocycles. The number of aromatic nitrogens is 2. The molecule has 106 valence electrons. The summed E-state index contributed by atoms with van der Waals surface area (Å²) in [6.45, 7) is 4.47. The predicted octanol–water partition coefficient (Wildman–Crippen LogP) is 1.60. The van der Waals surface area contributed by atoms with Gasteiger partial charge in [-0.3, -0.25) is 4.79 Å². The van der Waals surface area contributed by atoms with Crippen LogP contribution in [0.1, 0.15) is 23.8 Å². The highest BCUT2D eigenvalue weighted by atomic mass is 16.1. The average molecular weight is 272 g/mol. The molecule has 0 aliphatic heterocycles. The minimum absolute atomic E-state index is 0.141. The second-order valence-electron chi connectivity index (χ2n) is 4.49. The third kappa shape index (κ3) is 3.93. The number of carbonyl (C=O) groups is 1. The van der Waals surface area contributed by atoms with Gasteiger partial charge < -0.3 is 10.6 Å². The average Bonchev–Trinajstić information content (AvgIpc) is 2.98. The van der Waals surface area contributed by atoms with Crippen molar-refractivity contribution >= 4 is 5.91 Å². The molecular weight excluding hydrogens is 252 g/mol. The van der Waals surface area contributed by atoms with E-state index in [-0.39, 0.29) is 5.91 Å². The predicted molar refractivity (Wildman–Crippen MR) is 79.1 cm³/mol. The van der Waals surface area contributed by atoms with Crippen LogP contribution >= 0.6 is 0 Å². The Hall–Kier alpha value is -2.14. The summed E-state index contributed by atoms with van der Waals surface area (Å²) in [5.74, 6) is -0.141. The lowest BCUT2D eigenvalue weighted by Gasteiger charge is -2.04. The molecule has 2 N–H and O–H groups in total. The van der Waals surface area contributed by atoms with Gasteiger partial charge in [0.25, 0.3) is 5.91 Å². The minimum atomic E-state index is -0.141. The van der Waals surface area contributed by atoms with Crippen molar-refractivity contribution in [2.24, 2.45) is 0 Å². The molecule has 2 rings (SSSR count). The first kappa shape index (κ1) is 14.3. The topological polar surface area (TPSA) is 58.9 Å². The molecule has 0 atom stereocenters. The molecule has 2 aromatic rings. The molecule has 1 heterocycles. The minimum Gasteiger partial charge on any atom is -0.349 e. The van der Waals surface area contributed by atoms with Crippen molar-refractivity contribution in [1.29, 1.82) is 0 Å². The molecule has 1 amide bonds. The molecule has 0 spiro atoms. The van der Waals surface area contributed by atoms with E-state index in [1.807, 2.05) is 30.3 Å². The van der Waals surface area contributed by atoms with Crippen molar-refractivity contribution in [1.82, 2.24) is 20.4 Å². The summed E-state index contributed by atoms with van der Waals surface area (Å²) in [5.41, 5.74) is 1.38. The van der Waals surface area contributed by atoms with Gasteiger partial charge in [0.2, 0.25) is 0 Å². The van der Waals surface area contributed by atoms with E-state index >= 15 is 0 Å². The smallest absolute Gasteiger partial charge is 0.271 e. The molecular formula is C15H20N4O. The van der Waals surface area contributed by atoms with Gasteiger partial charge in [-0.2, -0.15) is 5.10 Å². The molecule has 20 heavy (non-hydrogen) atoms. The molecule has 0 unspecified atom stereocenters. The zero-order valence-electron chi connectivity index (χ0n) is 11.7. The number of rotatable bonds is 7. The maximum Gasteiger partial charge on any atom is 0.271 e. The van der Waals surface area contributed by atoms with Crippen LogP contribution in [0.2, 0.25) is 0 Å². The van der Waals surface area contributed by atoms with Crippen molar-refractivity contribution in [3.63, 3.8) is 0 Å². The Morgan fingerprint density at radius 2 is 1.95 bits per heavy atom.